The van der Waals surface area contributed by atoms with Crippen LogP contribution in [-0.4, -0.2) is 24.4 Å². The highest BCUT2D eigenvalue weighted by Gasteiger charge is 2.22. The molecule has 4 N–H and O–H groups in total. The molecule has 0 aliphatic carbocycles. The van der Waals surface area contributed by atoms with Crippen LogP contribution in [0, 0.1) is 17.6 Å². The largest absolute Gasteiger partial charge is 0.352 e. The van der Waals surface area contributed by atoms with Gasteiger partial charge in [-0.25, -0.2) is 8.78 Å². The van der Waals surface area contributed by atoms with Crippen LogP contribution in [0.5, 0.6) is 0 Å². The second-order valence-electron chi connectivity index (χ2n) is 6.25. The minimum atomic E-state index is -0.874. The lowest BCUT2D eigenvalue weighted by molar-refractivity contribution is -0.123. The Kier molecular flexibility index (Phi) is 7.78. The molecule has 1 aromatic rings. The van der Waals surface area contributed by atoms with Crippen LogP contribution in [0.4, 0.5) is 8.78 Å². The van der Waals surface area contributed by atoms with E-state index >= 15 is 0 Å². The predicted molar refractivity (Wildman–Crippen MR) is 88.0 cm³/mol. The van der Waals surface area contributed by atoms with Gasteiger partial charge in [-0.15, -0.1) is 0 Å². The molecular formula is C17H25F2N3O2. The second kappa shape index (κ2) is 9.32. The molecule has 0 fully saturated rings. The molecule has 0 bridgehead atoms. The van der Waals surface area contributed by atoms with E-state index < -0.39 is 23.6 Å². The molecule has 1 aromatic carbocycles. The van der Waals surface area contributed by atoms with Crippen molar-refractivity contribution in [3.8, 4) is 0 Å². The Balaban J connectivity index is 2.85. The summed E-state index contributed by atoms with van der Waals surface area (Å²) in [5, 5.41) is 5.32. The number of carbonyl (C=O) groups excluding carboxylic acids is 2. The smallest absolute Gasteiger partial charge is 0.222 e. The molecule has 1 rings (SSSR count). The van der Waals surface area contributed by atoms with Gasteiger partial charge in [0.1, 0.15) is 11.6 Å². The highest BCUT2D eigenvalue weighted by atomic mass is 19.1. The molecule has 2 atom stereocenters. The van der Waals surface area contributed by atoms with Crippen LogP contribution in [0.2, 0.25) is 0 Å². The first-order valence-corrected chi connectivity index (χ1v) is 7.94. The van der Waals surface area contributed by atoms with Crippen molar-refractivity contribution in [3.63, 3.8) is 0 Å². The fraction of sp³-hybridized carbons (Fsp3) is 0.529. The molecule has 0 radical (unpaired) electrons. The Labute approximate surface area is 141 Å². The number of benzene rings is 1. The summed E-state index contributed by atoms with van der Waals surface area (Å²) in [6, 6.07) is 1.98. The van der Waals surface area contributed by atoms with Crippen LogP contribution in [0.1, 0.15) is 45.2 Å². The summed E-state index contributed by atoms with van der Waals surface area (Å²) in [5.74, 6) is -1.93. The van der Waals surface area contributed by atoms with Gasteiger partial charge in [-0.05, 0) is 18.4 Å². The molecule has 0 aliphatic rings. The van der Waals surface area contributed by atoms with E-state index in [1.165, 1.54) is 13.0 Å². The third kappa shape index (κ3) is 6.62. The van der Waals surface area contributed by atoms with E-state index in [9.17, 15) is 18.4 Å². The van der Waals surface area contributed by atoms with Gasteiger partial charge in [0.2, 0.25) is 11.8 Å². The zero-order valence-corrected chi connectivity index (χ0v) is 14.2. The van der Waals surface area contributed by atoms with Gasteiger partial charge in [0.25, 0.3) is 0 Å². The van der Waals surface area contributed by atoms with Gasteiger partial charge in [-0.3, -0.25) is 9.59 Å². The average Bonchev–Trinajstić information content (AvgIpc) is 2.44. The van der Waals surface area contributed by atoms with Crippen LogP contribution >= 0.6 is 0 Å². The second-order valence-corrected chi connectivity index (χ2v) is 6.25. The van der Waals surface area contributed by atoms with Gasteiger partial charge in [0, 0.05) is 31.1 Å². The van der Waals surface area contributed by atoms with Crippen molar-refractivity contribution in [3.05, 3.63) is 35.4 Å². The Bertz CT molecular complexity index is 579. The summed E-state index contributed by atoms with van der Waals surface area (Å²) in [6.07, 6.45) is 0.564. The van der Waals surface area contributed by atoms with Gasteiger partial charge in [0.15, 0.2) is 0 Å². The number of nitrogens with two attached hydrogens (primary N) is 1. The van der Waals surface area contributed by atoms with Gasteiger partial charge >= 0.3 is 0 Å². The number of nitrogens with one attached hydrogen (secondary N) is 2. The fourth-order valence-corrected chi connectivity index (χ4v) is 2.52. The number of hydrogen-bond donors (Lipinski definition) is 3. The molecule has 0 saturated carbocycles. The van der Waals surface area contributed by atoms with Crippen LogP contribution in [0.3, 0.4) is 0 Å². The summed E-state index contributed by atoms with van der Waals surface area (Å²) >= 11 is 0. The number of carbonyl (C=O) groups is 2. The van der Waals surface area contributed by atoms with E-state index in [1.807, 2.05) is 13.8 Å². The minimum Gasteiger partial charge on any atom is -0.352 e. The lowest BCUT2D eigenvalue weighted by atomic mass is 10.0. The summed E-state index contributed by atoms with van der Waals surface area (Å²) in [5.41, 5.74) is 5.71. The third-order valence-electron chi connectivity index (χ3n) is 3.51. The molecular weight excluding hydrogens is 316 g/mol. The number of rotatable bonds is 8. The Morgan fingerprint density at radius 3 is 2.38 bits per heavy atom. The monoisotopic (exact) mass is 341 g/mol. The van der Waals surface area contributed by atoms with Gasteiger partial charge in [0.05, 0.1) is 12.5 Å². The lowest BCUT2D eigenvalue weighted by Crippen LogP contribution is -2.42. The summed E-state index contributed by atoms with van der Waals surface area (Å²) in [4.78, 5) is 23.6. The van der Waals surface area contributed by atoms with Crippen molar-refractivity contribution in [2.75, 3.05) is 6.54 Å². The maximum atomic E-state index is 14.0. The van der Waals surface area contributed by atoms with Gasteiger partial charge in [-0.1, -0.05) is 19.9 Å². The van der Waals surface area contributed by atoms with Crippen molar-refractivity contribution in [1.29, 1.82) is 0 Å². The first-order valence-electron chi connectivity index (χ1n) is 7.94. The molecule has 2 amide bonds. The van der Waals surface area contributed by atoms with Crippen molar-refractivity contribution >= 4 is 11.8 Å². The first-order chi connectivity index (χ1) is 11.2. The molecule has 0 saturated heterocycles. The average molecular weight is 341 g/mol. The Morgan fingerprint density at radius 2 is 1.88 bits per heavy atom. The SMILES string of the molecule is CC(=O)NC(CC(=O)NC(CN)CC(C)C)c1ccc(F)cc1F. The van der Waals surface area contributed by atoms with Gasteiger partial charge in [-0.2, -0.15) is 0 Å². The molecule has 2 unspecified atom stereocenters. The molecule has 0 spiro atoms. The molecule has 5 nitrogen and oxygen atoms in total. The maximum Gasteiger partial charge on any atom is 0.222 e. The van der Waals surface area contributed by atoms with E-state index in [0.29, 0.717) is 12.5 Å². The predicted octanol–water partition coefficient (Wildman–Crippen LogP) is 2.02. The normalized spacial score (nSPS) is 13.5. The van der Waals surface area contributed by atoms with Crippen LogP contribution in [-0.2, 0) is 9.59 Å². The molecule has 0 heterocycles. The van der Waals surface area contributed by atoms with Crippen molar-refractivity contribution in [2.45, 2.75) is 45.7 Å². The maximum absolute atomic E-state index is 14.0. The highest BCUT2D eigenvalue weighted by Crippen LogP contribution is 2.21. The molecule has 7 heteroatoms. The Morgan fingerprint density at radius 1 is 1.21 bits per heavy atom. The van der Waals surface area contributed by atoms with E-state index in [4.69, 9.17) is 5.73 Å². The van der Waals surface area contributed by atoms with Gasteiger partial charge < -0.3 is 16.4 Å². The molecule has 24 heavy (non-hydrogen) atoms. The van der Waals surface area contributed by atoms with E-state index in [1.54, 1.807) is 0 Å². The number of halogens is 2. The van der Waals surface area contributed by atoms with Crippen molar-refractivity contribution in [2.24, 2.45) is 11.7 Å². The molecule has 0 aromatic heterocycles. The zero-order chi connectivity index (χ0) is 18.3. The minimum absolute atomic E-state index is 0.0647. The topological polar surface area (TPSA) is 84.2 Å². The first kappa shape index (κ1) is 20.0. The molecule has 134 valence electrons. The van der Waals surface area contributed by atoms with Crippen LogP contribution in [0.25, 0.3) is 0 Å². The van der Waals surface area contributed by atoms with Crippen LogP contribution < -0.4 is 16.4 Å². The zero-order valence-electron chi connectivity index (χ0n) is 14.2. The molecule has 0 aliphatic heterocycles. The lowest BCUT2D eigenvalue weighted by Gasteiger charge is -2.22. The summed E-state index contributed by atoms with van der Waals surface area (Å²) < 4.78 is 27.0. The summed E-state index contributed by atoms with van der Waals surface area (Å²) in [7, 11) is 0. The number of hydrogen-bond acceptors (Lipinski definition) is 3. The Hall–Kier alpha value is -2.02. The van der Waals surface area contributed by atoms with E-state index in [2.05, 4.69) is 10.6 Å². The quantitative estimate of drug-likeness (QED) is 0.676. The van der Waals surface area contributed by atoms with Crippen molar-refractivity contribution < 1.29 is 18.4 Å². The number of amides is 2. The van der Waals surface area contributed by atoms with Crippen molar-refractivity contribution in [1.82, 2.24) is 10.6 Å². The third-order valence-corrected chi connectivity index (χ3v) is 3.51. The van der Waals surface area contributed by atoms with E-state index in [0.717, 1.165) is 18.6 Å². The standard InChI is InChI=1S/C17H25F2N3O2/c1-10(2)6-13(9-20)22-17(24)8-16(21-11(3)23)14-5-4-12(18)7-15(14)19/h4-5,7,10,13,16H,6,8-9,20H2,1-3H3,(H,21,23)(H,22,24). The summed E-state index contributed by atoms with van der Waals surface area (Å²) in [6.45, 7) is 5.60. The van der Waals surface area contributed by atoms with E-state index in [-0.39, 0.29) is 23.9 Å². The fourth-order valence-electron chi connectivity index (χ4n) is 2.52. The highest BCUT2D eigenvalue weighted by molar-refractivity contribution is 5.79. The van der Waals surface area contributed by atoms with Crippen LogP contribution in [0.15, 0.2) is 18.2 Å².